The molecule has 1 fully saturated rings. The fraction of sp³-hybridized carbons (Fsp3) is 0.429. The smallest absolute Gasteiger partial charge is 0.306 e. The molecule has 5 rings (SSSR count). The number of imidazole rings is 1. The van der Waals surface area contributed by atoms with Crippen molar-refractivity contribution in [3.8, 4) is 0 Å². The second-order valence-corrected chi connectivity index (χ2v) is 11.8. The van der Waals surface area contributed by atoms with Crippen molar-refractivity contribution in [3.05, 3.63) is 70.0 Å². The van der Waals surface area contributed by atoms with Crippen LogP contribution in [0.3, 0.4) is 0 Å². The number of esters is 1. The summed E-state index contributed by atoms with van der Waals surface area (Å²) >= 11 is 0. The zero-order valence-corrected chi connectivity index (χ0v) is 23.5. The molecule has 0 saturated carbocycles. The number of hydrogen-bond donors (Lipinski definition) is 0. The molecule has 0 atom stereocenters. The zero-order valence-electron chi connectivity index (χ0n) is 22.7. The van der Waals surface area contributed by atoms with E-state index in [1.807, 2.05) is 17.6 Å². The van der Waals surface area contributed by atoms with Gasteiger partial charge in [-0.2, -0.15) is 4.31 Å². The SMILES string of the molecule is CCCCn1c(CCC(=O)OCc2cc(=O)n3cc(C)ccc3n2)nc2cc(S(=O)(=O)N3CCOCC3)ccc21. The number of morpholine rings is 1. The minimum atomic E-state index is -3.65. The number of aromatic nitrogens is 4. The molecule has 3 aromatic heterocycles. The highest BCUT2D eigenvalue weighted by Crippen LogP contribution is 2.25. The third-order valence-corrected chi connectivity index (χ3v) is 8.83. The number of carbonyl (C=O) groups is 1. The molecule has 1 aromatic carbocycles. The summed E-state index contributed by atoms with van der Waals surface area (Å²) in [5.74, 6) is 0.259. The first-order valence-electron chi connectivity index (χ1n) is 13.5. The first-order valence-corrected chi connectivity index (χ1v) is 14.9. The molecule has 212 valence electrons. The molecule has 1 aliphatic rings. The summed E-state index contributed by atoms with van der Waals surface area (Å²) in [6, 6.07) is 10.0. The summed E-state index contributed by atoms with van der Waals surface area (Å²) in [6.07, 6.45) is 4.02. The molecule has 1 aliphatic heterocycles. The van der Waals surface area contributed by atoms with E-state index in [9.17, 15) is 18.0 Å². The van der Waals surface area contributed by atoms with Crippen LogP contribution in [0.1, 0.15) is 43.3 Å². The van der Waals surface area contributed by atoms with Gasteiger partial charge in [-0.25, -0.2) is 18.4 Å². The van der Waals surface area contributed by atoms with Gasteiger partial charge in [0.05, 0.1) is 41.3 Å². The molecule has 0 unspecified atom stereocenters. The van der Waals surface area contributed by atoms with Gasteiger partial charge in [-0.1, -0.05) is 19.4 Å². The molecule has 40 heavy (non-hydrogen) atoms. The van der Waals surface area contributed by atoms with Crippen LogP contribution in [0.4, 0.5) is 0 Å². The highest BCUT2D eigenvalue weighted by Gasteiger charge is 2.27. The summed E-state index contributed by atoms with van der Waals surface area (Å²) in [7, 11) is -3.65. The molecule has 0 spiro atoms. The van der Waals surface area contributed by atoms with Crippen molar-refractivity contribution in [2.24, 2.45) is 0 Å². The summed E-state index contributed by atoms with van der Waals surface area (Å²) in [6.45, 7) is 5.98. The molecule has 4 aromatic rings. The van der Waals surface area contributed by atoms with Crippen molar-refractivity contribution < 1.29 is 22.7 Å². The van der Waals surface area contributed by atoms with E-state index in [0.717, 1.165) is 23.9 Å². The molecule has 1 saturated heterocycles. The van der Waals surface area contributed by atoms with Crippen LogP contribution in [0, 0.1) is 6.92 Å². The number of rotatable bonds is 10. The van der Waals surface area contributed by atoms with E-state index in [2.05, 4.69) is 11.9 Å². The Morgan fingerprint density at radius 2 is 1.90 bits per heavy atom. The van der Waals surface area contributed by atoms with E-state index in [1.54, 1.807) is 30.5 Å². The van der Waals surface area contributed by atoms with Crippen molar-refractivity contribution in [1.82, 2.24) is 23.2 Å². The summed E-state index contributed by atoms with van der Waals surface area (Å²) in [5.41, 5.74) is 2.98. The highest BCUT2D eigenvalue weighted by molar-refractivity contribution is 7.89. The number of ether oxygens (including phenoxy) is 2. The van der Waals surface area contributed by atoms with Gasteiger partial charge in [-0.05, 0) is 43.2 Å². The molecule has 0 bridgehead atoms. The van der Waals surface area contributed by atoms with Crippen LogP contribution < -0.4 is 5.56 Å². The fourth-order valence-corrected chi connectivity index (χ4v) is 6.21. The van der Waals surface area contributed by atoms with E-state index in [-0.39, 0.29) is 23.5 Å². The van der Waals surface area contributed by atoms with Gasteiger partial charge in [0, 0.05) is 38.3 Å². The van der Waals surface area contributed by atoms with Crippen LogP contribution >= 0.6 is 0 Å². The van der Waals surface area contributed by atoms with Gasteiger partial charge in [0.2, 0.25) is 10.0 Å². The predicted molar refractivity (Wildman–Crippen MR) is 149 cm³/mol. The Balaban J connectivity index is 1.30. The molecule has 0 amide bonds. The molecular weight excluding hydrogens is 534 g/mol. The number of hydrogen-bond acceptors (Lipinski definition) is 8. The van der Waals surface area contributed by atoms with E-state index in [1.165, 1.54) is 14.8 Å². The molecule has 12 heteroatoms. The number of nitrogens with zero attached hydrogens (tertiary/aromatic N) is 5. The van der Waals surface area contributed by atoms with E-state index in [0.29, 0.717) is 62.0 Å². The number of pyridine rings is 1. The summed E-state index contributed by atoms with van der Waals surface area (Å²) in [4.78, 5) is 34.4. The average molecular weight is 568 g/mol. The lowest BCUT2D eigenvalue weighted by Gasteiger charge is -2.26. The maximum absolute atomic E-state index is 13.2. The molecule has 11 nitrogen and oxygen atoms in total. The lowest BCUT2D eigenvalue weighted by atomic mass is 10.2. The number of carbonyl (C=O) groups excluding carboxylic acids is 1. The topological polar surface area (TPSA) is 125 Å². The van der Waals surface area contributed by atoms with Crippen molar-refractivity contribution >= 4 is 32.7 Å². The Kier molecular flexibility index (Phi) is 8.29. The first kappa shape index (κ1) is 27.9. The van der Waals surface area contributed by atoms with Gasteiger partial charge >= 0.3 is 5.97 Å². The standard InChI is InChI=1S/C28H33N5O6S/c1-3-4-11-32-24-7-6-22(40(36,37)31-12-14-38-15-13-31)17-23(24)30-26(32)9-10-28(35)39-19-21-16-27(34)33-18-20(2)5-8-25(33)29-21/h5-8,16-18H,3-4,9-15,19H2,1-2H3. The van der Waals surface area contributed by atoms with Crippen molar-refractivity contribution in [3.63, 3.8) is 0 Å². The van der Waals surface area contributed by atoms with Crippen LogP contribution in [0.5, 0.6) is 0 Å². The Morgan fingerprint density at radius 3 is 2.67 bits per heavy atom. The molecule has 0 radical (unpaired) electrons. The van der Waals surface area contributed by atoms with E-state index in [4.69, 9.17) is 14.5 Å². The van der Waals surface area contributed by atoms with Gasteiger partial charge in [0.25, 0.3) is 5.56 Å². The number of unbranched alkanes of at least 4 members (excludes halogenated alkanes) is 1. The minimum absolute atomic E-state index is 0.0835. The summed E-state index contributed by atoms with van der Waals surface area (Å²) in [5, 5.41) is 0. The average Bonchev–Trinajstić information content (AvgIpc) is 3.31. The Bertz CT molecular complexity index is 1710. The van der Waals surface area contributed by atoms with Crippen LogP contribution in [0.25, 0.3) is 16.7 Å². The second kappa shape index (κ2) is 11.9. The van der Waals surface area contributed by atoms with Crippen LogP contribution in [-0.2, 0) is 43.9 Å². The minimum Gasteiger partial charge on any atom is -0.459 e. The lowest BCUT2D eigenvalue weighted by Crippen LogP contribution is -2.40. The molecule has 0 N–H and O–H groups in total. The van der Waals surface area contributed by atoms with Gasteiger partial charge in [0.1, 0.15) is 18.1 Å². The first-order chi connectivity index (χ1) is 19.3. The monoisotopic (exact) mass is 567 g/mol. The van der Waals surface area contributed by atoms with Crippen LogP contribution in [-0.4, -0.2) is 63.9 Å². The fourth-order valence-electron chi connectivity index (χ4n) is 4.79. The molecule has 0 aliphatic carbocycles. The van der Waals surface area contributed by atoms with Crippen molar-refractivity contribution in [1.29, 1.82) is 0 Å². The second-order valence-electron chi connectivity index (χ2n) is 9.88. The molecular formula is C28H33N5O6S. The van der Waals surface area contributed by atoms with Crippen molar-refractivity contribution in [2.75, 3.05) is 26.3 Å². The summed E-state index contributed by atoms with van der Waals surface area (Å²) < 4.78 is 42.0. The third kappa shape index (κ3) is 5.93. The highest BCUT2D eigenvalue weighted by atomic mass is 32.2. The number of aryl methyl sites for hydroxylation is 3. The van der Waals surface area contributed by atoms with E-state index >= 15 is 0 Å². The quantitative estimate of drug-likeness (QED) is 0.268. The van der Waals surface area contributed by atoms with E-state index < -0.39 is 16.0 Å². The van der Waals surface area contributed by atoms with Gasteiger partial charge in [0.15, 0.2) is 0 Å². The largest absolute Gasteiger partial charge is 0.459 e. The molecule has 4 heterocycles. The Morgan fingerprint density at radius 1 is 1.10 bits per heavy atom. The zero-order chi connectivity index (χ0) is 28.3. The maximum atomic E-state index is 13.2. The van der Waals surface area contributed by atoms with Crippen LogP contribution in [0.15, 0.2) is 52.3 Å². The third-order valence-electron chi connectivity index (χ3n) is 6.94. The Labute approximate surface area is 232 Å². The maximum Gasteiger partial charge on any atom is 0.306 e. The van der Waals surface area contributed by atoms with Gasteiger partial charge in [-0.15, -0.1) is 0 Å². The predicted octanol–water partition coefficient (Wildman–Crippen LogP) is 2.85. The Hall–Kier alpha value is -3.61. The number of benzene rings is 1. The number of fused-ring (bicyclic) bond motifs is 2. The lowest BCUT2D eigenvalue weighted by molar-refractivity contribution is -0.145. The van der Waals surface area contributed by atoms with Crippen LogP contribution in [0.2, 0.25) is 0 Å². The van der Waals surface area contributed by atoms with Gasteiger partial charge < -0.3 is 14.0 Å². The van der Waals surface area contributed by atoms with Crippen molar-refractivity contribution in [2.45, 2.75) is 57.6 Å². The van der Waals surface area contributed by atoms with Gasteiger partial charge in [-0.3, -0.25) is 14.0 Å². The normalized spacial score (nSPS) is 14.7. The number of sulfonamides is 1.